The second-order valence-corrected chi connectivity index (χ2v) is 6.32. The van der Waals surface area contributed by atoms with E-state index in [0.29, 0.717) is 11.5 Å². The third kappa shape index (κ3) is 2.31. The maximum absolute atomic E-state index is 6.00. The maximum Gasteiger partial charge on any atom is 0.0602 e. The van der Waals surface area contributed by atoms with Crippen LogP contribution in [-0.2, 0) is 4.74 Å². The minimum absolute atomic E-state index is 0.0565. The first-order chi connectivity index (χ1) is 6.49. The molecule has 2 saturated carbocycles. The summed E-state index contributed by atoms with van der Waals surface area (Å²) >= 11 is 0. The van der Waals surface area contributed by atoms with Crippen molar-refractivity contribution in [3.63, 3.8) is 0 Å². The van der Waals surface area contributed by atoms with E-state index in [0.717, 1.165) is 0 Å². The lowest BCUT2D eigenvalue weighted by atomic mass is 9.59. The average molecular weight is 196 g/mol. The van der Waals surface area contributed by atoms with Crippen LogP contribution in [0.4, 0.5) is 0 Å². The Morgan fingerprint density at radius 3 is 2.07 bits per heavy atom. The van der Waals surface area contributed by atoms with Gasteiger partial charge in [0, 0.05) is 0 Å². The van der Waals surface area contributed by atoms with E-state index >= 15 is 0 Å². The van der Waals surface area contributed by atoms with Crippen LogP contribution in [0.5, 0.6) is 0 Å². The van der Waals surface area contributed by atoms with Crippen molar-refractivity contribution in [2.75, 3.05) is 0 Å². The molecule has 0 atom stereocenters. The van der Waals surface area contributed by atoms with Crippen LogP contribution in [0.1, 0.15) is 65.7 Å². The van der Waals surface area contributed by atoms with Crippen LogP contribution in [0.2, 0.25) is 0 Å². The lowest BCUT2D eigenvalue weighted by Crippen LogP contribution is -2.46. The molecule has 14 heavy (non-hydrogen) atoms. The van der Waals surface area contributed by atoms with Gasteiger partial charge in [-0.15, -0.1) is 0 Å². The fourth-order valence-electron chi connectivity index (χ4n) is 3.20. The van der Waals surface area contributed by atoms with E-state index in [1.807, 2.05) is 0 Å². The molecular weight excluding hydrogens is 172 g/mol. The molecule has 0 unspecified atom stereocenters. The Morgan fingerprint density at radius 1 is 1.00 bits per heavy atom. The first kappa shape index (κ1) is 10.5. The molecule has 2 rings (SSSR count). The van der Waals surface area contributed by atoms with Gasteiger partial charge in [0.05, 0.1) is 11.7 Å². The van der Waals surface area contributed by atoms with Crippen LogP contribution < -0.4 is 0 Å². The zero-order chi connectivity index (χ0) is 10.2. The predicted octanol–water partition coefficient (Wildman–Crippen LogP) is 3.91. The van der Waals surface area contributed by atoms with E-state index in [9.17, 15) is 0 Å². The van der Waals surface area contributed by atoms with Gasteiger partial charge in [-0.3, -0.25) is 0 Å². The summed E-state index contributed by atoms with van der Waals surface area (Å²) in [5.74, 6) is 0. The van der Waals surface area contributed by atoms with Crippen LogP contribution in [-0.4, -0.2) is 11.7 Å². The molecule has 0 amide bonds. The molecule has 2 aliphatic carbocycles. The van der Waals surface area contributed by atoms with Crippen LogP contribution in [0.3, 0.4) is 0 Å². The maximum atomic E-state index is 6.00. The molecule has 1 nitrogen and oxygen atoms in total. The molecule has 0 aromatic carbocycles. The highest BCUT2D eigenvalue weighted by Gasteiger charge is 2.45. The molecule has 0 N–H and O–H groups in total. The molecule has 0 bridgehead atoms. The van der Waals surface area contributed by atoms with Crippen molar-refractivity contribution < 1.29 is 4.74 Å². The Kier molecular flexibility index (Phi) is 2.63. The van der Waals surface area contributed by atoms with Gasteiger partial charge in [-0.25, -0.2) is 0 Å². The lowest BCUT2D eigenvalue weighted by Gasteiger charge is -2.51. The topological polar surface area (TPSA) is 9.23 Å². The van der Waals surface area contributed by atoms with Crippen molar-refractivity contribution in [3.05, 3.63) is 0 Å². The standard InChI is InChI=1S/C13H24O/c1-12(2,3)14-11-9-13(10-11)7-5-4-6-8-13/h11H,4-10H2,1-3H3. The van der Waals surface area contributed by atoms with Crippen molar-refractivity contribution in [1.82, 2.24) is 0 Å². The van der Waals surface area contributed by atoms with Gasteiger partial charge in [0.15, 0.2) is 0 Å². The summed E-state index contributed by atoms with van der Waals surface area (Å²) in [6.07, 6.45) is 10.6. The van der Waals surface area contributed by atoms with Gasteiger partial charge in [-0.2, -0.15) is 0 Å². The van der Waals surface area contributed by atoms with Crippen molar-refractivity contribution in [1.29, 1.82) is 0 Å². The smallest absolute Gasteiger partial charge is 0.0602 e. The quantitative estimate of drug-likeness (QED) is 0.617. The van der Waals surface area contributed by atoms with Gasteiger partial charge >= 0.3 is 0 Å². The monoisotopic (exact) mass is 196 g/mol. The Hall–Kier alpha value is -0.0400. The highest BCUT2D eigenvalue weighted by Crippen LogP contribution is 2.53. The molecule has 0 aromatic rings. The summed E-state index contributed by atoms with van der Waals surface area (Å²) in [7, 11) is 0. The van der Waals surface area contributed by atoms with Gasteiger partial charge in [0.2, 0.25) is 0 Å². The molecule has 0 aliphatic heterocycles. The highest BCUT2D eigenvalue weighted by atomic mass is 16.5. The first-order valence-electron chi connectivity index (χ1n) is 6.17. The van der Waals surface area contributed by atoms with Gasteiger partial charge in [-0.1, -0.05) is 19.3 Å². The number of hydrogen-bond acceptors (Lipinski definition) is 1. The fraction of sp³-hybridized carbons (Fsp3) is 1.00. The van der Waals surface area contributed by atoms with Gasteiger partial charge < -0.3 is 4.74 Å². The Balaban J connectivity index is 1.78. The molecule has 0 heterocycles. The Labute approximate surface area is 88.2 Å². The summed E-state index contributed by atoms with van der Waals surface area (Å²) < 4.78 is 6.00. The third-order valence-corrected chi connectivity index (χ3v) is 3.76. The third-order valence-electron chi connectivity index (χ3n) is 3.76. The summed E-state index contributed by atoms with van der Waals surface area (Å²) in [5, 5.41) is 0. The molecule has 0 saturated heterocycles. The minimum atomic E-state index is 0.0565. The van der Waals surface area contributed by atoms with Crippen LogP contribution in [0, 0.1) is 5.41 Å². The summed E-state index contributed by atoms with van der Waals surface area (Å²) in [5.41, 5.74) is 0.773. The second-order valence-electron chi connectivity index (χ2n) is 6.32. The average Bonchev–Trinajstić information content (AvgIpc) is 2.00. The minimum Gasteiger partial charge on any atom is -0.373 e. The summed E-state index contributed by atoms with van der Waals surface area (Å²) in [4.78, 5) is 0. The van der Waals surface area contributed by atoms with Gasteiger partial charge in [0.25, 0.3) is 0 Å². The Bertz CT molecular complexity index is 188. The Morgan fingerprint density at radius 2 is 1.57 bits per heavy atom. The van der Waals surface area contributed by atoms with Crippen LogP contribution >= 0.6 is 0 Å². The molecular formula is C13H24O. The first-order valence-corrected chi connectivity index (χ1v) is 6.17. The predicted molar refractivity (Wildman–Crippen MR) is 59.4 cm³/mol. The zero-order valence-corrected chi connectivity index (χ0v) is 9.94. The molecule has 82 valence electrons. The lowest BCUT2D eigenvalue weighted by molar-refractivity contribution is -0.151. The second kappa shape index (κ2) is 3.52. The SMILES string of the molecule is CC(C)(C)OC1CC2(CCCCC2)C1. The number of rotatable bonds is 1. The van der Waals surface area contributed by atoms with Gasteiger partial charge in [0.1, 0.15) is 0 Å². The van der Waals surface area contributed by atoms with Crippen molar-refractivity contribution in [2.24, 2.45) is 5.41 Å². The molecule has 2 fully saturated rings. The van der Waals surface area contributed by atoms with E-state index in [1.54, 1.807) is 0 Å². The molecule has 0 aromatic heterocycles. The molecule has 1 heteroatoms. The molecule has 0 radical (unpaired) electrons. The van der Waals surface area contributed by atoms with Gasteiger partial charge in [-0.05, 0) is 51.9 Å². The van der Waals surface area contributed by atoms with E-state index in [2.05, 4.69) is 20.8 Å². The molecule has 2 aliphatic rings. The van der Waals surface area contributed by atoms with Crippen molar-refractivity contribution >= 4 is 0 Å². The van der Waals surface area contributed by atoms with Crippen LogP contribution in [0.15, 0.2) is 0 Å². The number of ether oxygens (including phenoxy) is 1. The fourth-order valence-corrected chi connectivity index (χ4v) is 3.20. The van der Waals surface area contributed by atoms with E-state index in [4.69, 9.17) is 4.74 Å². The largest absolute Gasteiger partial charge is 0.373 e. The number of hydrogen-bond donors (Lipinski definition) is 0. The normalized spacial score (nSPS) is 27.6. The van der Waals surface area contributed by atoms with E-state index in [1.165, 1.54) is 44.9 Å². The zero-order valence-electron chi connectivity index (χ0n) is 9.94. The van der Waals surface area contributed by atoms with Crippen molar-refractivity contribution in [3.8, 4) is 0 Å². The summed E-state index contributed by atoms with van der Waals surface area (Å²) in [6, 6.07) is 0. The highest BCUT2D eigenvalue weighted by molar-refractivity contribution is 4.96. The van der Waals surface area contributed by atoms with Crippen LogP contribution in [0.25, 0.3) is 0 Å². The van der Waals surface area contributed by atoms with Crippen molar-refractivity contribution in [2.45, 2.75) is 77.4 Å². The van der Waals surface area contributed by atoms with E-state index in [-0.39, 0.29) is 5.60 Å². The summed E-state index contributed by atoms with van der Waals surface area (Å²) in [6.45, 7) is 6.50. The molecule has 1 spiro atoms. The van der Waals surface area contributed by atoms with E-state index < -0.39 is 0 Å².